The van der Waals surface area contributed by atoms with E-state index < -0.39 is 10.0 Å². The molecule has 6 heteroatoms. The molecule has 0 heterocycles. The van der Waals surface area contributed by atoms with Crippen molar-refractivity contribution in [2.24, 2.45) is 0 Å². The lowest BCUT2D eigenvalue weighted by Gasteiger charge is -2.14. The van der Waals surface area contributed by atoms with Crippen LogP contribution in [0.1, 0.15) is 20.3 Å². The van der Waals surface area contributed by atoms with Gasteiger partial charge in [-0.2, -0.15) is 0 Å². The Morgan fingerprint density at radius 3 is 2.43 bits per heavy atom. The number of sulfonamides is 1. The monoisotopic (exact) mass is 243 g/mol. The van der Waals surface area contributed by atoms with E-state index in [4.69, 9.17) is 16.3 Å². The number of halogens is 1. The van der Waals surface area contributed by atoms with Gasteiger partial charge in [0.1, 0.15) is 0 Å². The SMILES string of the molecule is COCCS(=O)(=O)NC(C)CC(C)Cl. The Balaban J connectivity index is 3.96. The van der Waals surface area contributed by atoms with Gasteiger partial charge < -0.3 is 4.74 Å². The molecule has 0 bridgehead atoms. The van der Waals surface area contributed by atoms with Crippen LogP contribution in [0.5, 0.6) is 0 Å². The number of alkyl halides is 1. The van der Waals surface area contributed by atoms with E-state index in [1.807, 2.05) is 6.92 Å². The maximum absolute atomic E-state index is 11.3. The van der Waals surface area contributed by atoms with Gasteiger partial charge in [-0.3, -0.25) is 0 Å². The van der Waals surface area contributed by atoms with Crippen molar-refractivity contribution in [3.8, 4) is 0 Å². The van der Waals surface area contributed by atoms with Gasteiger partial charge in [-0.25, -0.2) is 13.1 Å². The second-order valence-electron chi connectivity index (χ2n) is 3.35. The van der Waals surface area contributed by atoms with Crippen LogP contribution < -0.4 is 4.72 Å². The summed E-state index contributed by atoms with van der Waals surface area (Å²) in [6, 6.07) is -0.135. The number of ether oxygens (including phenoxy) is 1. The number of hydrogen-bond acceptors (Lipinski definition) is 3. The molecule has 4 nitrogen and oxygen atoms in total. The van der Waals surface area contributed by atoms with Crippen LogP contribution in [-0.4, -0.2) is 39.3 Å². The Kier molecular flexibility index (Phi) is 6.68. The summed E-state index contributed by atoms with van der Waals surface area (Å²) < 4.78 is 29.9. The molecule has 2 unspecified atom stereocenters. The van der Waals surface area contributed by atoms with E-state index in [0.717, 1.165) is 0 Å². The van der Waals surface area contributed by atoms with Crippen LogP contribution in [0.2, 0.25) is 0 Å². The molecule has 0 saturated heterocycles. The first kappa shape index (κ1) is 14.2. The lowest BCUT2D eigenvalue weighted by atomic mass is 10.2. The van der Waals surface area contributed by atoms with Crippen LogP contribution >= 0.6 is 11.6 Å². The third kappa shape index (κ3) is 7.55. The molecular weight excluding hydrogens is 226 g/mol. The molecule has 0 aromatic carbocycles. The minimum Gasteiger partial charge on any atom is -0.384 e. The Labute approximate surface area is 91.0 Å². The minimum absolute atomic E-state index is 0.00942. The summed E-state index contributed by atoms with van der Waals surface area (Å²) in [7, 11) is -1.75. The minimum atomic E-state index is -3.22. The Morgan fingerprint density at radius 2 is 2.00 bits per heavy atom. The first-order valence-corrected chi connectivity index (χ1v) is 6.59. The third-order valence-electron chi connectivity index (χ3n) is 1.62. The van der Waals surface area contributed by atoms with Gasteiger partial charge in [0.15, 0.2) is 0 Å². The molecule has 0 aromatic heterocycles. The molecule has 0 aromatic rings. The van der Waals surface area contributed by atoms with Crippen molar-refractivity contribution in [3.05, 3.63) is 0 Å². The molecule has 0 spiro atoms. The highest BCUT2D eigenvalue weighted by molar-refractivity contribution is 7.89. The lowest BCUT2D eigenvalue weighted by molar-refractivity contribution is 0.216. The van der Waals surface area contributed by atoms with Crippen molar-refractivity contribution < 1.29 is 13.2 Å². The van der Waals surface area contributed by atoms with Gasteiger partial charge in [0, 0.05) is 18.5 Å². The molecule has 0 saturated carbocycles. The highest BCUT2D eigenvalue weighted by Crippen LogP contribution is 2.05. The zero-order chi connectivity index (χ0) is 11.2. The van der Waals surface area contributed by atoms with E-state index in [1.54, 1.807) is 6.92 Å². The number of nitrogens with one attached hydrogen (secondary N) is 1. The summed E-state index contributed by atoms with van der Waals surface area (Å²) >= 11 is 5.75. The molecule has 14 heavy (non-hydrogen) atoms. The average molecular weight is 244 g/mol. The van der Waals surface area contributed by atoms with Crippen molar-refractivity contribution in [2.45, 2.75) is 31.7 Å². The van der Waals surface area contributed by atoms with Crippen LogP contribution in [0, 0.1) is 0 Å². The van der Waals surface area contributed by atoms with Crippen LogP contribution in [-0.2, 0) is 14.8 Å². The van der Waals surface area contributed by atoms with E-state index in [1.165, 1.54) is 7.11 Å². The largest absolute Gasteiger partial charge is 0.384 e. The van der Waals surface area contributed by atoms with Gasteiger partial charge in [0.05, 0.1) is 12.4 Å². The molecule has 0 aliphatic carbocycles. The highest BCUT2D eigenvalue weighted by Gasteiger charge is 2.15. The zero-order valence-corrected chi connectivity index (χ0v) is 10.4. The molecule has 0 fully saturated rings. The summed E-state index contributed by atoms with van der Waals surface area (Å²) in [5.74, 6) is -0.00942. The normalized spacial score (nSPS) is 16.6. The van der Waals surface area contributed by atoms with E-state index in [-0.39, 0.29) is 23.8 Å². The molecule has 2 atom stereocenters. The second kappa shape index (κ2) is 6.61. The van der Waals surface area contributed by atoms with Gasteiger partial charge >= 0.3 is 0 Å². The van der Waals surface area contributed by atoms with Crippen LogP contribution in [0.3, 0.4) is 0 Å². The summed E-state index contributed by atoms with van der Waals surface area (Å²) in [4.78, 5) is 0. The van der Waals surface area contributed by atoms with Crippen LogP contribution in [0.25, 0.3) is 0 Å². The lowest BCUT2D eigenvalue weighted by Crippen LogP contribution is -2.36. The van der Waals surface area contributed by atoms with E-state index in [0.29, 0.717) is 6.42 Å². The predicted octanol–water partition coefficient (Wildman–Crippen LogP) is 0.958. The van der Waals surface area contributed by atoms with E-state index >= 15 is 0 Å². The first-order valence-electron chi connectivity index (χ1n) is 4.50. The molecule has 0 rings (SSSR count). The third-order valence-corrected chi connectivity index (χ3v) is 3.26. The molecular formula is C8H18ClNO3S. The van der Waals surface area contributed by atoms with Crippen molar-refractivity contribution in [1.82, 2.24) is 4.72 Å². The maximum Gasteiger partial charge on any atom is 0.214 e. The van der Waals surface area contributed by atoms with E-state index in [9.17, 15) is 8.42 Å². The smallest absolute Gasteiger partial charge is 0.214 e. The van der Waals surface area contributed by atoms with Gasteiger partial charge in [0.2, 0.25) is 10.0 Å². The summed E-state index contributed by atoms with van der Waals surface area (Å²) in [5, 5.41) is -0.0323. The predicted molar refractivity (Wildman–Crippen MR) is 58.2 cm³/mol. The molecule has 0 amide bonds. The van der Waals surface area contributed by atoms with Gasteiger partial charge in [-0.1, -0.05) is 0 Å². The van der Waals surface area contributed by atoms with Gasteiger partial charge in [-0.05, 0) is 20.3 Å². The first-order chi connectivity index (χ1) is 6.37. The second-order valence-corrected chi connectivity index (χ2v) is 5.97. The highest BCUT2D eigenvalue weighted by atomic mass is 35.5. The standard InChI is InChI=1S/C8H18ClNO3S/c1-7(9)6-8(2)10-14(11,12)5-4-13-3/h7-8,10H,4-6H2,1-3H3. The fourth-order valence-corrected chi connectivity index (χ4v) is 2.57. The quantitative estimate of drug-likeness (QED) is 0.678. The zero-order valence-electron chi connectivity index (χ0n) is 8.79. The summed E-state index contributed by atoms with van der Waals surface area (Å²) in [5.41, 5.74) is 0. The number of methoxy groups -OCH3 is 1. The van der Waals surface area contributed by atoms with E-state index in [2.05, 4.69) is 4.72 Å². The molecule has 0 aliphatic heterocycles. The fourth-order valence-electron chi connectivity index (χ4n) is 1.09. The fraction of sp³-hybridized carbons (Fsp3) is 1.00. The average Bonchev–Trinajstić information content (AvgIpc) is 1.98. The Bertz CT molecular complexity index is 241. The van der Waals surface area contributed by atoms with Crippen molar-refractivity contribution in [3.63, 3.8) is 0 Å². The van der Waals surface area contributed by atoms with Crippen molar-refractivity contribution in [1.29, 1.82) is 0 Å². The Hall–Kier alpha value is 0.160. The van der Waals surface area contributed by atoms with Gasteiger partial charge in [0.25, 0.3) is 0 Å². The van der Waals surface area contributed by atoms with Gasteiger partial charge in [-0.15, -0.1) is 11.6 Å². The Morgan fingerprint density at radius 1 is 1.43 bits per heavy atom. The van der Waals surface area contributed by atoms with Crippen molar-refractivity contribution >= 4 is 21.6 Å². The molecule has 1 N–H and O–H groups in total. The van der Waals surface area contributed by atoms with Crippen LogP contribution in [0.15, 0.2) is 0 Å². The summed E-state index contributed by atoms with van der Waals surface area (Å²) in [6.07, 6.45) is 0.619. The maximum atomic E-state index is 11.3. The summed E-state index contributed by atoms with van der Waals surface area (Å²) in [6.45, 7) is 3.84. The molecule has 0 aliphatic rings. The molecule has 0 radical (unpaired) electrons. The topological polar surface area (TPSA) is 55.4 Å². The van der Waals surface area contributed by atoms with Crippen LogP contribution in [0.4, 0.5) is 0 Å². The van der Waals surface area contributed by atoms with Crippen molar-refractivity contribution in [2.75, 3.05) is 19.5 Å². The molecule has 86 valence electrons. The number of hydrogen-bond donors (Lipinski definition) is 1. The number of rotatable bonds is 7.